The average Bonchev–Trinajstić information content (AvgIpc) is 2.58. The lowest BCUT2D eigenvalue weighted by Gasteiger charge is -2.27. The minimum Gasteiger partial charge on any atom is -0.369 e. The SMILES string of the molecule is CCCCCCCCCCCCCCCCC(CC)(CC)C(N)=O. The molecule has 2 nitrogen and oxygen atoms in total. The minimum atomic E-state index is -0.239. The summed E-state index contributed by atoms with van der Waals surface area (Å²) in [5.74, 6) is -0.0952. The molecule has 0 saturated carbocycles. The Bertz CT molecular complexity index is 284. The van der Waals surface area contributed by atoms with Crippen molar-refractivity contribution in [3.63, 3.8) is 0 Å². The molecule has 2 heteroatoms. The molecule has 0 aromatic carbocycles. The van der Waals surface area contributed by atoms with Gasteiger partial charge in [-0.15, -0.1) is 0 Å². The highest BCUT2D eigenvalue weighted by Crippen LogP contribution is 2.32. The fraction of sp³-hybridized carbons (Fsp3) is 0.955. The molecular formula is C22H45NO. The standard InChI is InChI=1S/C22H45NO/c1-4-7-8-9-10-11-12-13-14-15-16-17-18-19-20-22(5-2,6-3)21(23)24/h4-20H2,1-3H3,(H2,23,24). The van der Waals surface area contributed by atoms with E-state index in [4.69, 9.17) is 5.73 Å². The van der Waals surface area contributed by atoms with E-state index in [9.17, 15) is 4.79 Å². The van der Waals surface area contributed by atoms with Crippen LogP contribution in [0.1, 0.15) is 130 Å². The Morgan fingerprint density at radius 3 is 1.25 bits per heavy atom. The quantitative estimate of drug-likeness (QED) is 0.265. The third-order valence-electron chi connectivity index (χ3n) is 5.89. The summed E-state index contributed by atoms with van der Waals surface area (Å²) in [4.78, 5) is 11.7. The van der Waals surface area contributed by atoms with E-state index in [2.05, 4.69) is 20.8 Å². The molecular weight excluding hydrogens is 294 g/mol. The van der Waals surface area contributed by atoms with Crippen LogP contribution in [0.3, 0.4) is 0 Å². The van der Waals surface area contributed by atoms with E-state index in [1.54, 1.807) is 0 Å². The van der Waals surface area contributed by atoms with Crippen LogP contribution in [0.4, 0.5) is 0 Å². The molecule has 24 heavy (non-hydrogen) atoms. The Morgan fingerprint density at radius 2 is 0.958 bits per heavy atom. The van der Waals surface area contributed by atoms with Gasteiger partial charge in [-0.1, -0.05) is 111 Å². The van der Waals surface area contributed by atoms with Crippen molar-refractivity contribution in [3.8, 4) is 0 Å². The number of carbonyl (C=O) groups excluding carboxylic acids is 1. The topological polar surface area (TPSA) is 43.1 Å². The summed E-state index contributed by atoms with van der Waals surface area (Å²) in [6.45, 7) is 6.47. The van der Waals surface area contributed by atoms with E-state index in [0.717, 1.165) is 25.7 Å². The highest BCUT2D eigenvalue weighted by Gasteiger charge is 2.31. The lowest BCUT2D eigenvalue weighted by atomic mass is 9.77. The number of hydrogen-bond acceptors (Lipinski definition) is 1. The second kappa shape index (κ2) is 16.0. The average molecular weight is 340 g/mol. The summed E-state index contributed by atoms with van der Waals surface area (Å²) in [6.07, 6.45) is 22.0. The molecule has 0 aliphatic rings. The fourth-order valence-electron chi connectivity index (χ4n) is 3.73. The van der Waals surface area contributed by atoms with Gasteiger partial charge >= 0.3 is 0 Å². The van der Waals surface area contributed by atoms with Gasteiger partial charge in [-0.05, 0) is 19.3 Å². The van der Waals surface area contributed by atoms with Crippen molar-refractivity contribution in [2.75, 3.05) is 0 Å². The molecule has 0 fully saturated rings. The molecule has 1 amide bonds. The van der Waals surface area contributed by atoms with Gasteiger partial charge in [0.25, 0.3) is 0 Å². The maximum Gasteiger partial charge on any atom is 0.223 e. The number of unbranched alkanes of at least 4 members (excludes halogenated alkanes) is 13. The lowest BCUT2D eigenvalue weighted by Crippen LogP contribution is -2.36. The zero-order valence-electron chi connectivity index (χ0n) is 17.0. The summed E-state index contributed by atoms with van der Waals surface area (Å²) in [6, 6.07) is 0. The molecule has 0 bridgehead atoms. The molecule has 2 N–H and O–H groups in total. The molecule has 144 valence electrons. The Hall–Kier alpha value is -0.530. The van der Waals surface area contributed by atoms with Crippen molar-refractivity contribution in [2.45, 2.75) is 130 Å². The number of amides is 1. The maximum atomic E-state index is 11.7. The van der Waals surface area contributed by atoms with Crippen LogP contribution in [0.5, 0.6) is 0 Å². The molecule has 0 aromatic rings. The van der Waals surface area contributed by atoms with Crippen LogP contribution >= 0.6 is 0 Å². The van der Waals surface area contributed by atoms with E-state index in [0.29, 0.717) is 0 Å². The third kappa shape index (κ3) is 11.1. The van der Waals surface area contributed by atoms with Gasteiger partial charge in [-0.3, -0.25) is 4.79 Å². The van der Waals surface area contributed by atoms with Gasteiger partial charge in [0.2, 0.25) is 5.91 Å². The predicted molar refractivity (Wildman–Crippen MR) is 107 cm³/mol. The molecule has 0 aliphatic heterocycles. The Kier molecular flexibility index (Phi) is 15.6. The molecule has 0 aliphatic carbocycles. The lowest BCUT2D eigenvalue weighted by molar-refractivity contribution is -0.128. The number of nitrogens with two attached hydrogens (primary N) is 1. The van der Waals surface area contributed by atoms with Gasteiger partial charge in [0.15, 0.2) is 0 Å². The van der Waals surface area contributed by atoms with Crippen LogP contribution in [-0.2, 0) is 4.79 Å². The van der Waals surface area contributed by atoms with E-state index in [1.165, 1.54) is 83.5 Å². The van der Waals surface area contributed by atoms with Gasteiger partial charge in [0.05, 0.1) is 0 Å². The van der Waals surface area contributed by atoms with Gasteiger partial charge in [-0.2, -0.15) is 0 Å². The smallest absolute Gasteiger partial charge is 0.223 e. The van der Waals surface area contributed by atoms with Crippen LogP contribution in [-0.4, -0.2) is 5.91 Å². The summed E-state index contributed by atoms with van der Waals surface area (Å²) in [5.41, 5.74) is 5.37. The number of rotatable bonds is 18. The van der Waals surface area contributed by atoms with E-state index < -0.39 is 0 Å². The highest BCUT2D eigenvalue weighted by atomic mass is 16.1. The second-order valence-corrected chi connectivity index (χ2v) is 7.70. The molecule has 0 spiro atoms. The Labute approximate surface area is 152 Å². The summed E-state index contributed by atoms with van der Waals surface area (Å²) in [5, 5.41) is 0. The molecule has 0 rings (SSSR count). The first-order chi connectivity index (χ1) is 11.6. The van der Waals surface area contributed by atoms with Crippen LogP contribution < -0.4 is 5.73 Å². The Balaban J connectivity index is 3.38. The monoisotopic (exact) mass is 339 g/mol. The fourth-order valence-corrected chi connectivity index (χ4v) is 3.73. The maximum absolute atomic E-state index is 11.7. The number of hydrogen-bond donors (Lipinski definition) is 1. The summed E-state index contributed by atoms with van der Waals surface area (Å²) in [7, 11) is 0. The zero-order chi connectivity index (χ0) is 18.1. The zero-order valence-corrected chi connectivity index (χ0v) is 17.0. The number of primary amides is 1. The number of carbonyl (C=O) groups is 1. The van der Waals surface area contributed by atoms with Crippen LogP contribution in [0.25, 0.3) is 0 Å². The molecule has 0 unspecified atom stereocenters. The van der Waals surface area contributed by atoms with Gasteiger partial charge in [-0.25, -0.2) is 0 Å². The van der Waals surface area contributed by atoms with Gasteiger partial charge in [0.1, 0.15) is 0 Å². The molecule has 0 radical (unpaired) electrons. The van der Waals surface area contributed by atoms with Gasteiger partial charge in [0, 0.05) is 5.41 Å². The van der Waals surface area contributed by atoms with Crippen LogP contribution in [0.2, 0.25) is 0 Å². The third-order valence-corrected chi connectivity index (χ3v) is 5.89. The van der Waals surface area contributed by atoms with Crippen molar-refractivity contribution < 1.29 is 4.79 Å². The van der Waals surface area contributed by atoms with Crippen molar-refractivity contribution in [3.05, 3.63) is 0 Å². The van der Waals surface area contributed by atoms with Crippen molar-refractivity contribution >= 4 is 5.91 Å². The minimum absolute atomic E-state index is 0.0952. The Morgan fingerprint density at radius 1 is 0.625 bits per heavy atom. The van der Waals surface area contributed by atoms with E-state index in [-0.39, 0.29) is 11.3 Å². The van der Waals surface area contributed by atoms with Crippen LogP contribution in [0, 0.1) is 5.41 Å². The largest absolute Gasteiger partial charge is 0.369 e. The first kappa shape index (κ1) is 23.5. The van der Waals surface area contributed by atoms with Crippen molar-refractivity contribution in [1.29, 1.82) is 0 Å². The summed E-state index contributed by atoms with van der Waals surface area (Å²) < 4.78 is 0. The van der Waals surface area contributed by atoms with Gasteiger partial charge < -0.3 is 5.73 Å². The first-order valence-electron chi connectivity index (χ1n) is 10.9. The highest BCUT2D eigenvalue weighted by molar-refractivity contribution is 5.80. The molecule has 0 atom stereocenters. The summed E-state index contributed by atoms with van der Waals surface area (Å²) >= 11 is 0. The first-order valence-corrected chi connectivity index (χ1v) is 10.9. The van der Waals surface area contributed by atoms with E-state index >= 15 is 0 Å². The van der Waals surface area contributed by atoms with E-state index in [1.807, 2.05) is 0 Å². The normalized spacial score (nSPS) is 11.8. The predicted octanol–water partition coefficient (Wildman–Crippen LogP) is 7.15. The molecule has 0 aromatic heterocycles. The van der Waals surface area contributed by atoms with Crippen molar-refractivity contribution in [2.24, 2.45) is 11.1 Å². The second-order valence-electron chi connectivity index (χ2n) is 7.70. The van der Waals surface area contributed by atoms with Crippen LogP contribution in [0.15, 0.2) is 0 Å². The molecule has 0 saturated heterocycles. The van der Waals surface area contributed by atoms with Crippen molar-refractivity contribution in [1.82, 2.24) is 0 Å². The molecule has 0 heterocycles.